The lowest BCUT2D eigenvalue weighted by Gasteiger charge is -2.36. The molecule has 92 valence electrons. The standard InChI is InChI=1S/C12H22N2O2/c1-13-10-4-5-11(13)7-9(6-10)8-12(15)14(2)16-3/h9-11H,4-8H2,1-3H3. The molecule has 2 aliphatic heterocycles. The van der Waals surface area contributed by atoms with Crippen molar-refractivity contribution in [3.8, 4) is 0 Å². The molecule has 0 aromatic rings. The van der Waals surface area contributed by atoms with Gasteiger partial charge in [0, 0.05) is 25.6 Å². The van der Waals surface area contributed by atoms with Gasteiger partial charge in [-0.2, -0.15) is 0 Å². The van der Waals surface area contributed by atoms with Gasteiger partial charge in [0.15, 0.2) is 0 Å². The summed E-state index contributed by atoms with van der Waals surface area (Å²) in [7, 11) is 5.45. The van der Waals surface area contributed by atoms with Crippen molar-refractivity contribution in [2.24, 2.45) is 5.92 Å². The fourth-order valence-electron chi connectivity index (χ4n) is 3.17. The molecule has 0 aromatic carbocycles. The molecule has 2 unspecified atom stereocenters. The molecular formula is C12H22N2O2. The number of hydroxylamine groups is 2. The van der Waals surface area contributed by atoms with Crippen LogP contribution in [-0.4, -0.2) is 49.2 Å². The maximum atomic E-state index is 11.7. The Morgan fingerprint density at radius 1 is 1.38 bits per heavy atom. The lowest BCUT2D eigenvalue weighted by Crippen LogP contribution is -2.41. The predicted molar refractivity (Wildman–Crippen MR) is 61.7 cm³/mol. The normalized spacial score (nSPS) is 34.1. The molecule has 0 saturated carbocycles. The summed E-state index contributed by atoms with van der Waals surface area (Å²) in [6, 6.07) is 1.42. The van der Waals surface area contributed by atoms with Crippen molar-refractivity contribution in [3.05, 3.63) is 0 Å². The van der Waals surface area contributed by atoms with E-state index in [0.717, 1.165) is 0 Å². The lowest BCUT2D eigenvalue weighted by atomic mass is 9.88. The minimum absolute atomic E-state index is 0.108. The molecule has 2 bridgehead atoms. The van der Waals surface area contributed by atoms with E-state index in [2.05, 4.69) is 11.9 Å². The van der Waals surface area contributed by atoms with Crippen LogP contribution in [0.3, 0.4) is 0 Å². The van der Waals surface area contributed by atoms with Crippen molar-refractivity contribution in [3.63, 3.8) is 0 Å². The number of carbonyl (C=O) groups is 1. The number of piperidine rings is 1. The van der Waals surface area contributed by atoms with Crippen molar-refractivity contribution < 1.29 is 9.63 Å². The maximum absolute atomic E-state index is 11.7. The van der Waals surface area contributed by atoms with Crippen LogP contribution in [0.2, 0.25) is 0 Å². The quantitative estimate of drug-likeness (QED) is 0.679. The van der Waals surface area contributed by atoms with Gasteiger partial charge in [0.05, 0.1) is 7.11 Å². The maximum Gasteiger partial charge on any atom is 0.246 e. The number of hydrogen-bond donors (Lipinski definition) is 0. The molecule has 0 aromatic heterocycles. The molecule has 2 aliphatic rings. The van der Waals surface area contributed by atoms with E-state index in [9.17, 15) is 4.79 Å². The summed E-state index contributed by atoms with van der Waals surface area (Å²) in [4.78, 5) is 19.2. The molecule has 2 fully saturated rings. The zero-order valence-electron chi connectivity index (χ0n) is 10.5. The Morgan fingerprint density at radius 2 is 1.94 bits per heavy atom. The van der Waals surface area contributed by atoms with Crippen LogP contribution in [0.1, 0.15) is 32.1 Å². The van der Waals surface area contributed by atoms with Crippen molar-refractivity contribution >= 4 is 5.91 Å². The molecule has 1 amide bonds. The molecule has 4 nitrogen and oxygen atoms in total. The Morgan fingerprint density at radius 3 is 2.44 bits per heavy atom. The molecule has 2 rings (SSSR count). The highest BCUT2D eigenvalue weighted by Gasteiger charge is 2.39. The zero-order valence-corrected chi connectivity index (χ0v) is 10.5. The van der Waals surface area contributed by atoms with E-state index in [1.807, 2.05) is 0 Å². The smallest absolute Gasteiger partial charge is 0.246 e. The molecule has 0 spiro atoms. The van der Waals surface area contributed by atoms with Crippen LogP contribution in [0.4, 0.5) is 0 Å². The van der Waals surface area contributed by atoms with Gasteiger partial charge in [-0.15, -0.1) is 0 Å². The second-order valence-electron chi connectivity index (χ2n) is 5.17. The molecule has 2 heterocycles. The highest BCUT2D eigenvalue weighted by molar-refractivity contribution is 5.75. The van der Waals surface area contributed by atoms with Crippen LogP contribution < -0.4 is 0 Å². The number of hydrogen-bond acceptors (Lipinski definition) is 3. The van der Waals surface area contributed by atoms with Crippen LogP contribution in [0.5, 0.6) is 0 Å². The lowest BCUT2D eigenvalue weighted by molar-refractivity contribution is -0.170. The third-order valence-electron chi connectivity index (χ3n) is 4.28. The summed E-state index contributed by atoms with van der Waals surface area (Å²) in [5.74, 6) is 0.662. The van der Waals surface area contributed by atoms with E-state index < -0.39 is 0 Å². The molecule has 16 heavy (non-hydrogen) atoms. The Hall–Kier alpha value is -0.610. The highest BCUT2D eigenvalue weighted by atomic mass is 16.7. The predicted octanol–water partition coefficient (Wildman–Crippen LogP) is 1.27. The van der Waals surface area contributed by atoms with Gasteiger partial charge in [-0.25, -0.2) is 5.06 Å². The van der Waals surface area contributed by atoms with Gasteiger partial charge in [0.1, 0.15) is 0 Å². The second kappa shape index (κ2) is 4.72. The number of nitrogens with zero attached hydrogens (tertiary/aromatic N) is 2. The van der Waals surface area contributed by atoms with E-state index in [-0.39, 0.29) is 5.91 Å². The fourth-order valence-corrected chi connectivity index (χ4v) is 3.17. The van der Waals surface area contributed by atoms with Crippen molar-refractivity contribution in [1.82, 2.24) is 9.96 Å². The molecule has 2 atom stereocenters. The van der Waals surface area contributed by atoms with Gasteiger partial charge in [-0.1, -0.05) is 0 Å². The van der Waals surface area contributed by atoms with Crippen molar-refractivity contribution in [1.29, 1.82) is 0 Å². The topological polar surface area (TPSA) is 32.8 Å². The number of rotatable bonds is 3. The third-order valence-corrected chi connectivity index (χ3v) is 4.28. The van der Waals surface area contributed by atoms with Gasteiger partial charge in [0.2, 0.25) is 5.91 Å². The number of carbonyl (C=O) groups excluding carboxylic acids is 1. The van der Waals surface area contributed by atoms with Crippen LogP contribution in [0.25, 0.3) is 0 Å². The summed E-state index contributed by atoms with van der Waals surface area (Å²) in [6.07, 6.45) is 5.62. The Kier molecular flexibility index (Phi) is 3.50. The largest absolute Gasteiger partial charge is 0.300 e. The van der Waals surface area contributed by atoms with E-state index >= 15 is 0 Å². The first-order valence-electron chi connectivity index (χ1n) is 6.14. The average molecular weight is 226 g/mol. The minimum atomic E-state index is 0.108. The van der Waals surface area contributed by atoms with Gasteiger partial charge in [0.25, 0.3) is 0 Å². The molecule has 0 radical (unpaired) electrons. The highest BCUT2D eigenvalue weighted by Crippen LogP contribution is 2.38. The van der Waals surface area contributed by atoms with Crippen LogP contribution >= 0.6 is 0 Å². The van der Waals surface area contributed by atoms with Crippen molar-refractivity contribution in [2.75, 3.05) is 21.2 Å². The number of amides is 1. The molecule has 2 saturated heterocycles. The van der Waals surface area contributed by atoms with Gasteiger partial charge < -0.3 is 4.90 Å². The van der Waals surface area contributed by atoms with E-state index in [0.29, 0.717) is 24.4 Å². The Bertz CT molecular complexity index is 256. The summed E-state index contributed by atoms with van der Waals surface area (Å²) < 4.78 is 0. The van der Waals surface area contributed by atoms with Crippen LogP contribution in [0.15, 0.2) is 0 Å². The van der Waals surface area contributed by atoms with E-state index in [1.54, 1.807) is 7.05 Å². The molecule has 0 N–H and O–H groups in total. The van der Waals surface area contributed by atoms with E-state index in [4.69, 9.17) is 4.84 Å². The summed E-state index contributed by atoms with van der Waals surface area (Å²) in [5, 5.41) is 1.35. The van der Waals surface area contributed by atoms with Gasteiger partial charge in [-0.05, 0) is 38.6 Å². The van der Waals surface area contributed by atoms with E-state index in [1.165, 1.54) is 37.9 Å². The van der Waals surface area contributed by atoms with Crippen LogP contribution in [-0.2, 0) is 9.63 Å². The van der Waals surface area contributed by atoms with Gasteiger partial charge in [-0.3, -0.25) is 9.63 Å². The Labute approximate surface area is 97.5 Å². The first-order chi connectivity index (χ1) is 7.61. The first kappa shape index (κ1) is 11.9. The molecular weight excluding hydrogens is 204 g/mol. The molecule has 4 heteroatoms. The summed E-state index contributed by atoms with van der Waals surface area (Å²) >= 11 is 0. The summed E-state index contributed by atoms with van der Waals surface area (Å²) in [6.45, 7) is 0. The van der Waals surface area contributed by atoms with Gasteiger partial charge >= 0.3 is 0 Å². The average Bonchev–Trinajstić information content (AvgIpc) is 2.52. The Balaban J connectivity index is 1.87. The first-order valence-corrected chi connectivity index (χ1v) is 6.14. The fraction of sp³-hybridized carbons (Fsp3) is 0.917. The van der Waals surface area contributed by atoms with Crippen molar-refractivity contribution in [2.45, 2.75) is 44.2 Å². The number of fused-ring (bicyclic) bond motifs is 2. The third kappa shape index (κ3) is 2.23. The summed E-state index contributed by atoms with van der Waals surface area (Å²) in [5.41, 5.74) is 0. The second-order valence-corrected chi connectivity index (χ2v) is 5.17. The monoisotopic (exact) mass is 226 g/mol. The van der Waals surface area contributed by atoms with Crippen LogP contribution in [0, 0.1) is 5.92 Å². The molecule has 0 aliphatic carbocycles. The minimum Gasteiger partial charge on any atom is -0.300 e. The SMILES string of the molecule is CON(C)C(=O)CC1CC2CCC(C1)N2C. The zero-order chi connectivity index (χ0) is 11.7.